The fourth-order valence-electron chi connectivity index (χ4n) is 6.03. The average molecular weight is 725 g/mol. The van der Waals surface area contributed by atoms with Crippen LogP contribution in [0.1, 0.15) is 4.11 Å². The minimum Gasteiger partial charge on any atom is -0.342 e. The Hall–Kier alpha value is -4.93. The summed E-state index contributed by atoms with van der Waals surface area (Å²) in [5.74, 6) is 1.52. The topological polar surface area (TPSA) is 36.0 Å². The number of benzene rings is 5. The van der Waals surface area contributed by atoms with Crippen molar-refractivity contribution in [2.45, 2.75) is 0 Å². The molecule has 0 fully saturated rings. The predicted octanol–water partition coefficient (Wildman–Crippen LogP) is 6.54. The second-order valence-corrected chi connectivity index (χ2v) is 10.1. The van der Waals surface area contributed by atoms with Gasteiger partial charge in [-0.15, -0.1) is 11.5 Å². The summed E-state index contributed by atoms with van der Waals surface area (Å²) in [6.07, 6.45) is 5.12. The van der Waals surface area contributed by atoms with Crippen molar-refractivity contribution >= 4 is 49.7 Å². The summed E-state index contributed by atoms with van der Waals surface area (Å²) in [6.45, 7) is -2.37. The monoisotopic (exact) mass is 724 g/mol. The van der Waals surface area contributed by atoms with E-state index in [2.05, 4.69) is 74.6 Å². The zero-order chi connectivity index (χ0) is 29.6. The molecule has 0 aliphatic heterocycles. The molecule has 5 aromatic carbocycles. The second-order valence-electron chi connectivity index (χ2n) is 10.1. The Labute approximate surface area is 259 Å². The number of rotatable bonds is 3. The van der Waals surface area contributed by atoms with Crippen molar-refractivity contribution in [2.75, 3.05) is 0 Å². The Morgan fingerprint density at radius 3 is 2.38 bits per heavy atom. The van der Waals surface area contributed by atoms with Gasteiger partial charge in [0.1, 0.15) is 0 Å². The summed E-state index contributed by atoms with van der Waals surface area (Å²) in [4.78, 5) is 5.21. The Morgan fingerprint density at radius 2 is 1.50 bits per heavy atom. The Balaban J connectivity index is 0.00000300. The Bertz CT molecular complexity index is 2520. The fourth-order valence-corrected chi connectivity index (χ4v) is 6.03. The van der Waals surface area contributed by atoms with E-state index < -0.39 is 6.98 Å². The molecule has 0 saturated heterocycles. The van der Waals surface area contributed by atoms with Crippen LogP contribution in [0.2, 0.25) is 0 Å². The number of hydrogen-bond donors (Lipinski definition) is 0. The third-order valence-electron chi connectivity index (χ3n) is 7.79. The maximum atomic E-state index is 8.05. The first kappa shape index (κ1) is 21.8. The number of para-hydroxylation sites is 6. The number of aryl methyl sites for hydroxylation is 1. The van der Waals surface area contributed by atoms with Crippen molar-refractivity contribution in [1.29, 1.82) is 0 Å². The molecule has 0 N–H and O–H groups in total. The molecular formula is C35H22N6Pt-2. The van der Waals surface area contributed by atoms with Gasteiger partial charge in [-0.2, -0.15) is 47.4 Å². The molecule has 9 rings (SSSR count). The molecule has 0 bridgehead atoms. The van der Waals surface area contributed by atoms with Crippen LogP contribution in [0.4, 0.5) is 0 Å². The summed E-state index contributed by atoms with van der Waals surface area (Å²) in [5.41, 5.74) is 6.74. The fraction of sp³-hybridized carbons (Fsp3) is 0.0286. The molecule has 0 unspecified atom stereocenters. The van der Waals surface area contributed by atoms with Crippen LogP contribution in [0.3, 0.4) is 0 Å². The largest absolute Gasteiger partial charge is 0.342 e. The molecule has 0 atom stereocenters. The number of imidazole rings is 3. The van der Waals surface area contributed by atoms with Crippen molar-refractivity contribution in [3.63, 3.8) is 0 Å². The average Bonchev–Trinajstić information content (AvgIpc) is 3.79. The molecule has 0 aliphatic rings. The number of fused-ring (bicyclic) bond motifs is 7. The minimum absolute atomic E-state index is 0. The van der Waals surface area contributed by atoms with Crippen LogP contribution in [0.25, 0.3) is 66.8 Å². The van der Waals surface area contributed by atoms with Crippen LogP contribution >= 0.6 is 0 Å². The van der Waals surface area contributed by atoms with E-state index in [1.54, 1.807) is 10.6 Å². The van der Waals surface area contributed by atoms with Crippen LogP contribution in [0.15, 0.2) is 115 Å². The van der Waals surface area contributed by atoms with Crippen molar-refractivity contribution in [3.05, 3.63) is 134 Å². The van der Waals surface area contributed by atoms with E-state index in [9.17, 15) is 0 Å². The number of nitrogens with zero attached hydrogens (tertiary/aromatic N) is 6. The molecular weight excluding hydrogens is 700 g/mol. The summed E-state index contributed by atoms with van der Waals surface area (Å²) < 4.78 is 33.5. The van der Waals surface area contributed by atoms with Gasteiger partial charge in [0.25, 0.3) is 0 Å². The van der Waals surface area contributed by atoms with E-state index in [0.717, 1.165) is 55.6 Å². The van der Waals surface area contributed by atoms with Gasteiger partial charge in [-0.1, -0.05) is 71.5 Å². The molecule has 4 aromatic heterocycles. The van der Waals surface area contributed by atoms with Crippen LogP contribution < -0.4 is 4.57 Å². The molecule has 9 aromatic rings. The Kier molecular flexibility index (Phi) is 4.82. The van der Waals surface area contributed by atoms with Crippen LogP contribution in [0.5, 0.6) is 0 Å². The van der Waals surface area contributed by atoms with Gasteiger partial charge in [0.05, 0.1) is 39.4 Å². The normalized spacial score (nSPS) is 13.1. The molecule has 204 valence electrons. The third-order valence-corrected chi connectivity index (χ3v) is 7.79. The second kappa shape index (κ2) is 9.30. The van der Waals surface area contributed by atoms with Gasteiger partial charge >= 0.3 is 0 Å². The molecule has 7 heteroatoms. The van der Waals surface area contributed by atoms with E-state index >= 15 is 0 Å². The van der Waals surface area contributed by atoms with E-state index in [0.29, 0.717) is 11.2 Å². The molecule has 0 spiro atoms. The minimum atomic E-state index is -2.37. The molecule has 4 heterocycles. The van der Waals surface area contributed by atoms with Crippen molar-refractivity contribution in [1.82, 2.24) is 23.1 Å². The first-order valence-electron chi connectivity index (χ1n) is 14.8. The SMILES string of the molecule is [2H]C([2H])([2H])n1[c-][n+](-c2[c-]c(-n3c4ccccc4n4cc(-n5c6[c-]cccc6c6ccccc65)nc34)ccc2)c2ccccc21.[Pt]. The maximum absolute atomic E-state index is 8.05. The zero-order valence-corrected chi connectivity index (χ0v) is 24.2. The predicted molar refractivity (Wildman–Crippen MR) is 161 cm³/mol. The molecule has 0 radical (unpaired) electrons. The molecule has 42 heavy (non-hydrogen) atoms. The van der Waals surface area contributed by atoms with Crippen molar-refractivity contribution in [3.8, 4) is 17.2 Å². The smallest absolute Gasteiger partial charge is 0.242 e. The van der Waals surface area contributed by atoms with Gasteiger partial charge in [-0.05, 0) is 23.6 Å². The van der Waals surface area contributed by atoms with Gasteiger partial charge in [0, 0.05) is 26.6 Å². The quantitative estimate of drug-likeness (QED) is 0.151. The summed E-state index contributed by atoms with van der Waals surface area (Å²) in [5, 5.41) is 2.27. The molecule has 0 saturated carbocycles. The van der Waals surface area contributed by atoms with Gasteiger partial charge in [0.2, 0.25) is 12.1 Å². The standard InChI is InChI=1S/C35H22N6.Pt/c1-37-23-39(31-18-7-6-17-30(31)37)24-11-10-12-25(21-24)40-33-20-9-8-19-32(33)38-22-34(36-35(38)40)41-28-15-4-2-13-26(28)27-14-3-5-16-29(27)41;/h2-15,17-20,22H,1H3;/q-2;/i1D3;. The maximum Gasteiger partial charge on any atom is 0.242 e. The van der Waals surface area contributed by atoms with Gasteiger partial charge in [-0.3, -0.25) is 4.40 Å². The Morgan fingerprint density at radius 1 is 0.738 bits per heavy atom. The first-order valence-corrected chi connectivity index (χ1v) is 13.3. The van der Waals surface area contributed by atoms with Crippen molar-refractivity contribution < 1.29 is 29.7 Å². The van der Waals surface area contributed by atoms with E-state index in [1.807, 2.05) is 66.7 Å². The van der Waals surface area contributed by atoms with Gasteiger partial charge in [0.15, 0.2) is 5.82 Å². The van der Waals surface area contributed by atoms with Crippen LogP contribution in [0, 0.1) is 18.5 Å². The third kappa shape index (κ3) is 3.42. The molecule has 6 nitrogen and oxygen atoms in total. The van der Waals surface area contributed by atoms with Gasteiger partial charge < -0.3 is 18.3 Å². The van der Waals surface area contributed by atoms with E-state index in [4.69, 9.17) is 9.10 Å². The number of hydrogen-bond acceptors (Lipinski definition) is 1. The molecule has 0 amide bonds. The van der Waals surface area contributed by atoms with Crippen LogP contribution in [-0.2, 0) is 28.0 Å². The number of aromatic nitrogens is 6. The summed E-state index contributed by atoms with van der Waals surface area (Å²) in [6, 6.07) is 42.8. The summed E-state index contributed by atoms with van der Waals surface area (Å²) >= 11 is 0. The van der Waals surface area contributed by atoms with Gasteiger partial charge in [-0.25, -0.2) is 0 Å². The van der Waals surface area contributed by atoms with Crippen LogP contribution in [-0.4, -0.2) is 23.1 Å². The zero-order valence-electron chi connectivity index (χ0n) is 25.0. The van der Waals surface area contributed by atoms with E-state index in [-0.39, 0.29) is 21.1 Å². The van der Waals surface area contributed by atoms with Crippen molar-refractivity contribution in [2.24, 2.45) is 6.98 Å². The summed E-state index contributed by atoms with van der Waals surface area (Å²) in [7, 11) is 0. The first-order chi connectivity index (χ1) is 21.5. The van der Waals surface area contributed by atoms with E-state index in [1.165, 1.54) is 4.57 Å². The molecule has 0 aliphatic carbocycles.